The molecule has 1 N–H and O–H groups in total. The minimum absolute atomic E-state index is 0.00366. The van der Waals surface area contributed by atoms with Crippen LogP contribution in [-0.4, -0.2) is 25.3 Å². The molecule has 21 heavy (non-hydrogen) atoms. The van der Waals surface area contributed by atoms with Gasteiger partial charge in [-0.3, -0.25) is 0 Å². The van der Waals surface area contributed by atoms with Gasteiger partial charge in [0, 0.05) is 6.54 Å². The molecule has 0 amide bonds. The molecule has 0 atom stereocenters. The van der Waals surface area contributed by atoms with Crippen LogP contribution in [0.2, 0.25) is 0 Å². The van der Waals surface area contributed by atoms with Crippen LogP contribution in [0.4, 0.5) is 19.0 Å². The van der Waals surface area contributed by atoms with Crippen LogP contribution >= 0.6 is 0 Å². The molecule has 3 rings (SSSR count). The first kappa shape index (κ1) is 13.3. The van der Waals surface area contributed by atoms with Crippen molar-refractivity contribution in [1.29, 1.82) is 0 Å². The van der Waals surface area contributed by atoms with E-state index in [1.54, 1.807) is 18.2 Å². The largest absolute Gasteiger partial charge is 0.416 e. The Morgan fingerprint density at radius 1 is 1.10 bits per heavy atom. The highest BCUT2D eigenvalue weighted by molar-refractivity contribution is 5.43. The van der Waals surface area contributed by atoms with Gasteiger partial charge in [-0.15, -0.1) is 14.8 Å². The molecular weight excluding hydrogens is 285 g/mol. The monoisotopic (exact) mass is 294 g/mol. The molecule has 2 heterocycles. The summed E-state index contributed by atoms with van der Waals surface area (Å²) in [6.45, 7) is -0.00366. The zero-order chi connectivity index (χ0) is 14.9. The highest BCUT2D eigenvalue weighted by Crippen LogP contribution is 2.32. The molecule has 1 aromatic carbocycles. The standard InChI is InChI=1S/C12H9F3N6/c13-12(14,15)9-4-2-1-3-8(9)7-16-10-5-6-11-17-19-20-21(11)18-10/h1-6H,7H2,(H,16,18). The van der Waals surface area contributed by atoms with E-state index in [4.69, 9.17) is 0 Å². The number of nitrogens with one attached hydrogen (secondary N) is 1. The van der Waals surface area contributed by atoms with E-state index in [0.717, 1.165) is 6.07 Å². The molecule has 3 aromatic rings. The molecule has 108 valence electrons. The highest BCUT2D eigenvalue weighted by Gasteiger charge is 2.32. The van der Waals surface area contributed by atoms with Crippen LogP contribution in [0.15, 0.2) is 36.4 Å². The number of hydrogen-bond acceptors (Lipinski definition) is 5. The molecule has 9 heteroatoms. The van der Waals surface area contributed by atoms with Gasteiger partial charge in [0.1, 0.15) is 5.82 Å². The zero-order valence-electron chi connectivity index (χ0n) is 10.5. The van der Waals surface area contributed by atoms with E-state index in [9.17, 15) is 13.2 Å². The molecule has 0 saturated heterocycles. The van der Waals surface area contributed by atoms with Crippen molar-refractivity contribution >= 4 is 11.5 Å². The van der Waals surface area contributed by atoms with Gasteiger partial charge < -0.3 is 5.32 Å². The van der Waals surface area contributed by atoms with Gasteiger partial charge in [-0.25, -0.2) is 0 Å². The minimum atomic E-state index is -4.38. The van der Waals surface area contributed by atoms with E-state index in [0.29, 0.717) is 11.5 Å². The first-order valence-corrected chi connectivity index (χ1v) is 5.98. The molecule has 0 saturated carbocycles. The summed E-state index contributed by atoms with van der Waals surface area (Å²) in [6.07, 6.45) is -4.38. The van der Waals surface area contributed by atoms with Crippen LogP contribution in [0, 0.1) is 0 Å². The number of halogens is 3. The maximum absolute atomic E-state index is 12.9. The summed E-state index contributed by atoms with van der Waals surface area (Å²) in [4.78, 5) is 0. The van der Waals surface area contributed by atoms with E-state index >= 15 is 0 Å². The number of benzene rings is 1. The van der Waals surface area contributed by atoms with E-state index < -0.39 is 11.7 Å². The maximum Gasteiger partial charge on any atom is 0.416 e. The number of nitrogens with zero attached hydrogens (tertiary/aromatic N) is 5. The second kappa shape index (κ2) is 5.00. The normalized spacial score (nSPS) is 11.8. The van der Waals surface area contributed by atoms with Gasteiger partial charge in [0.15, 0.2) is 5.65 Å². The number of fused-ring (bicyclic) bond motifs is 1. The van der Waals surface area contributed by atoms with Crippen molar-refractivity contribution < 1.29 is 13.2 Å². The summed E-state index contributed by atoms with van der Waals surface area (Å²) in [6, 6.07) is 8.61. The van der Waals surface area contributed by atoms with Crippen LogP contribution in [0.5, 0.6) is 0 Å². The van der Waals surface area contributed by atoms with Gasteiger partial charge in [-0.1, -0.05) is 18.2 Å². The average Bonchev–Trinajstić information content (AvgIpc) is 2.92. The number of aromatic nitrogens is 5. The molecule has 0 radical (unpaired) electrons. The fraction of sp³-hybridized carbons (Fsp3) is 0.167. The number of rotatable bonds is 3. The van der Waals surface area contributed by atoms with Crippen molar-refractivity contribution in [3.05, 3.63) is 47.5 Å². The lowest BCUT2D eigenvalue weighted by molar-refractivity contribution is -0.138. The second-order valence-electron chi connectivity index (χ2n) is 4.25. The molecule has 0 fully saturated rings. The lowest BCUT2D eigenvalue weighted by Crippen LogP contribution is -2.12. The minimum Gasteiger partial charge on any atom is -0.364 e. The average molecular weight is 294 g/mol. The van der Waals surface area contributed by atoms with Gasteiger partial charge >= 0.3 is 6.18 Å². The van der Waals surface area contributed by atoms with Crippen molar-refractivity contribution in [1.82, 2.24) is 25.3 Å². The molecule has 0 aliphatic carbocycles. The Balaban J connectivity index is 1.81. The van der Waals surface area contributed by atoms with Gasteiger partial charge in [0.05, 0.1) is 5.56 Å². The number of alkyl halides is 3. The van der Waals surface area contributed by atoms with Crippen molar-refractivity contribution in [3.8, 4) is 0 Å². The van der Waals surface area contributed by atoms with Gasteiger partial charge in [-0.05, 0) is 34.2 Å². The van der Waals surface area contributed by atoms with E-state index in [2.05, 4.69) is 25.9 Å². The number of anilines is 1. The molecular formula is C12H9F3N6. The third-order valence-electron chi connectivity index (χ3n) is 2.85. The van der Waals surface area contributed by atoms with Crippen molar-refractivity contribution in [2.45, 2.75) is 12.7 Å². The molecule has 0 bridgehead atoms. The smallest absolute Gasteiger partial charge is 0.364 e. The third kappa shape index (κ3) is 2.76. The second-order valence-corrected chi connectivity index (χ2v) is 4.25. The predicted octanol–water partition coefficient (Wildman–Crippen LogP) is 2.15. The van der Waals surface area contributed by atoms with Gasteiger partial charge in [-0.2, -0.15) is 13.2 Å². The number of hydrogen-bond donors (Lipinski definition) is 1. The maximum atomic E-state index is 12.9. The summed E-state index contributed by atoms with van der Waals surface area (Å²) in [5, 5.41) is 17.6. The highest BCUT2D eigenvalue weighted by atomic mass is 19.4. The Bertz CT molecular complexity index is 767. The van der Waals surface area contributed by atoms with Crippen molar-refractivity contribution in [3.63, 3.8) is 0 Å². The summed E-state index contributed by atoms with van der Waals surface area (Å²) in [5.74, 6) is 0.381. The Morgan fingerprint density at radius 2 is 1.90 bits per heavy atom. The fourth-order valence-corrected chi connectivity index (χ4v) is 1.88. The summed E-state index contributed by atoms with van der Waals surface area (Å²) < 4.78 is 39.8. The van der Waals surface area contributed by atoms with Crippen LogP contribution in [0.1, 0.15) is 11.1 Å². The molecule has 2 aromatic heterocycles. The predicted molar refractivity (Wildman–Crippen MR) is 67.3 cm³/mol. The summed E-state index contributed by atoms with van der Waals surface area (Å²) >= 11 is 0. The molecule has 0 aliphatic rings. The number of tetrazole rings is 1. The van der Waals surface area contributed by atoms with Crippen LogP contribution in [0.3, 0.4) is 0 Å². The molecule has 0 aliphatic heterocycles. The SMILES string of the molecule is FC(F)(F)c1ccccc1CNc1ccc2nnnn2n1. The van der Waals surface area contributed by atoms with E-state index in [-0.39, 0.29) is 12.1 Å². The Labute approximate surface area is 116 Å². The Morgan fingerprint density at radius 3 is 2.71 bits per heavy atom. The molecule has 0 unspecified atom stereocenters. The first-order valence-electron chi connectivity index (χ1n) is 5.98. The quantitative estimate of drug-likeness (QED) is 0.801. The zero-order valence-corrected chi connectivity index (χ0v) is 10.5. The van der Waals surface area contributed by atoms with Crippen molar-refractivity contribution in [2.75, 3.05) is 5.32 Å². The van der Waals surface area contributed by atoms with E-state index in [1.165, 1.54) is 16.8 Å². The van der Waals surface area contributed by atoms with Gasteiger partial charge in [0.25, 0.3) is 0 Å². The summed E-state index contributed by atoms with van der Waals surface area (Å²) in [7, 11) is 0. The lowest BCUT2D eigenvalue weighted by Gasteiger charge is -2.13. The fourth-order valence-electron chi connectivity index (χ4n) is 1.88. The van der Waals surface area contributed by atoms with Gasteiger partial charge in [0.2, 0.25) is 0 Å². The first-order chi connectivity index (χ1) is 10.0. The topological polar surface area (TPSA) is 68.0 Å². The van der Waals surface area contributed by atoms with Crippen LogP contribution in [-0.2, 0) is 12.7 Å². The lowest BCUT2D eigenvalue weighted by atomic mass is 10.1. The van der Waals surface area contributed by atoms with Crippen LogP contribution < -0.4 is 5.32 Å². The summed E-state index contributed by atoms with van der Waals surface area (Å²) in [5.41, 5.74) is -0.0687. The van der Waals surface area contributed by atoms with E-state index in [1.807, 2.05) is 0 Å². The van der Waals surface area contributed by atoms with Crippen molar-refractivity contribution in [2.24, 2.45) is 0 Å². The Kier molecular flexibility index (Phi) is 3.16. The third-order valence-corrected chi connectivity index (χ3v) is 2.85. The van der Waals surface area contributed by atoms with Crippen LogP contribution in [0.25, 0.3) is 5.65 Å². The Hall–Kier alpha value is -2.71. The molecule has 6 nitrogen and oxygen atoms in total. The molecule has 0 spiro atoms.